The maximum absolute atomic E-state index is 11.2. The number of benzene rings is 2. The molecule has 0 bridgehead atoms. The first-order chi connectivity index (χ1) is 9.25. The predicted molar refractivity (Wildman–Crippen MR) is 74.5 cm³/mol. The van der Waals surface area contributed by atoms with Gasteiger partial charge in [0.15, 0.2) is 0 Å². The molecule has 19 heavy (non-hydrogen) atoms. The summed E-state index contributed by atoms with van der Waals surface area (Å²) in [5.41, 5.74) is 3.64. The van der Waals surface area contributed by atoms with Gasteiger partial charge in [0.25, 0.3) is 0 Å². The van der Waals surface area contributed by atoms with Crippen LogP contribution >= 0.6 is 0 Å². The molecule has 0 unspecified atom stereocenters. The summed E-state index contributed by atoms with van der Waals surface area (Å²) in [5, 5.41) is 12.4. The Morgan fingerprint density at radius 1 is 1.11 bits per heavy atom. The zero-order valence-electron chi connectivity index (χ0n) is 10.1. The van der Waals surface area contributed by atoms with E-state index in [-0.39, 0.29) is 5.56 Å². The number of hydrogen-bond acceptors (Lipinski definition) is 3. The van der Waals surface area contributed by atoms with Gasteiger partial charge >= 0.3 is 5.97 Å². The summed E-state index contributed by atoms with van der Waals surface area (Å²) in [7, 11) is 0. The summed E-state index contributed by atoms with van der Waals surface area (Å²) in [5.74, 6) is -0.959. The molecule has 4 nitrogen and oxygen atoms in total. The minimum absolute atomic E-state index is 0.222. The third-order valence-electron chi connectivity index (χ3n) is 3.07. The largest absolute Gasteiger partial charge is 0.478 e. The molecule has 0 aliphatic carbocycles. The summed E-state index contributed by atoms with van der Waals surface area (Å²) in [6, 6.07) is 14.7. The second kappa shape index (κ2) is 4.57. The number of fused-ring (bicyclic) bond motifs is 1. The second-order valence-corrected chi connectivity index (χ2v) is 4.28. The zero-order valence-corrected chi connectivity index (χ0v) is 10.1. The monoisotopic (exact) mass is 252 g/mol. The van der Waals surface area contributed by atoms with Gasteiger partial charge in [0, 0.05) is 11.3 Å². The van der Waals surface area contributed by atoms with Crippen molar-refractivity contribution in [2.45, 2.75) is 0 Å². The molecule has 1 aliphatic rings. The van der Waals surface area contributed by atoms with Gasteiger partial charge in [0.05, 0.1) is 23.5 Å². The maximum atomic E-state index is 11.2. The smallest absolute Gasteiger partial charge is 0.337 e. The van der Waals surface area contributed by atoms with Crippen molar-refractivity contribution >= 4 is 23.1 Å². The normalized spacial score (nSPS) is 15.1. The van der Waals surface area contributed by atoms with Gasteiger partial charge < -0.3 is 10.4 Å². The first kappa shape index (κ1) is 11.5. The van der Waals surface area contributed by atoms with E-state index in [9.17, 15) is 4.79 Å². The van der Waals surface area contributed by atoms with E-state index in [1.54, 1.807) is 24.3 Å². The lowest BCUT2D eigenvalue weighted by Gasteiger charge is -2.02. The lowest BCUT2D eigenvalue weighted by Crippen LogP contribution is -2.04. The van der Waals surface area contributed by atoms with Gasteiger partial charge in [-0.15, -0.1) is 0 Å². The number of hydrogen-bond donors (Lipinski definition) is 2. The fourth-order valence-corrected chi connectivity index (χ4v) is 2.16. The highest BCUT2D eigenvalue weighted by atomic mass is 16.4. The van der Waals surface area contributed by atoms with Crippen molar-refractivity contribution in [1.82, 2.24) is 0 Å². The number of anilines is 1. The number of carboxylic acids is 1. The number of nitrogens with zero attached hydrogens (tertiary/aromatic N) is 1. The van der Waals surface area contributed by atoms with Gasteiger partial charge in [0.1, 0.15) is 0 Å². The summed E-state index contributed by atoms with van der Waals surface area (Å²) in [6.45, 7) is 0.618. The van der Waals surface area contributed by atoms with Crippen LogP contribution in [0.2, 0.25) is 0 Å². The Kier molecular flexibility index (Phi) is 2.76. The van der Waals surface area contributed by atoms with Crippen LogP contribution in [0.15, 0.2) is 53.5 Å². The second-order valence-electron chi connectivity index (χ2n) is 4.28. The predicted octanol–water partition coefficient (Wildman–Crippen LogP) is 2.93. The topological polar surface area (TPSA) is 61.7 Å². The molecule has 0 spiro atoms. The Bertz CT molecular complexity index is 677. The Labute approximate surface area is 110 Å². The fourth-order valence-electron chi connectivity index (χ4n) is 2.16. The molecule has 4 heteroatoms. The third kappa shape index (κ3) is 2.08. The number of carbonyl (C=O) groups is 1. The molecule has 0 amide bonds. The maximum Gasteiger partial charge on any atom is 0.337 e. The molecule has 0 saturated heterocycles. The van der Waals surface area contributed by atoms with Crippen LogP contribution in [0.4, 0.5) is 11.4 Å². The molecule has 0 atom stereocenters. The van der Waals surface area contributed by atoms with Crippen LogP contribution in [0.3, 0.4) is 0 Å². The van der Waals surface area contributed by atoms with Crippen LogP contribution < -0.4 is 5.32 Å². The molecule has 0 saturated carbocycles. The fraction of sp³-hybridized carbons (Fsp3) is 0.0667. The minimum Gasteiger partial charge on any atom is -0.478 e. The number of para-hydroxylation sites is 2. The lowest BCUT2D eigenvalue weighted by atomic mass is 10.1. The average molecular weight is 252 g/mol. The van der Waals surface area contributed by atoms with Crippen LogP contribution in [0.25, 0.3) is 0 Å². The standard InChI is InChI=1S/C15H12N2O2/c18-15(19)11-6-2-4-8-13(11)17-14-9-16-12-7-3-1-5-10(12)14/h1-8,16H,9H2,(H,18,19). The number of carboxylic acid groups (broad SMARTS) is 1. The van der Waals surface area contributed by atoms with E-state index in [4.69, 9.17) is 5.11 Å². The van der Waals surface area contributed by atoms with E-state index in [1.807, 2.05) is 24.3 Å². The number of aromatic carboxylic acids is 1. The van der Waals surface area contributed by atoms with Gasteiger partial charge in [-0.05, 0) is 18.2 Å². The molecular formula is C15H12N2O2. The molecule has 2 N–H and O–H groups in total. The van der Waals surface area contributed by atoms with Gasteiger partial charge in [0.2, 0.25) is 0 Å². The molecule has 0 aromatic heterocycles. The van der Waals surface area contributed by atoms with Crippen molar-refractivity contribution in [3.63, 3.8) is 0 Å². The summed E-state index contributed by atoms with van der Waals surface area (Å²) in [6.07, 6.45) is 0. The molecule has 3 rings (SSSR count). The SMILES string of the molecule is O=C(O)c1ccccc1N=C1CNc2ccccc21. The molecule has 2 aromatic rings. The van der Waals surface area contributed by atoms with E-state index < -0.39 is 5.97 Å². The van der Waals surface area contributed by atoms with Crippen molar-refractivity contribution < 1.29 is 9.90 Å². The van der Waals surface area contributed by atoms with Gasteiger partial charge in [-0.3, -0.25) is 0 Å². The first-order valence-electron chi connectivity index (χ1n) is 5.99. The van der Waals surface area contributed by atoms with Crippen molar-refractivity contribution in [3.8, 4) is 0 Å². The molecule has 0 fully saturated rings. The third-order valence-corrected chi connectivity index (χ3v) is 3.07. The van der Waals surface area contributed by atoms with Crippen LogP contribution in [0.5, 0.6) is 0 Å². The van der Waals surface area contributed by atoms with Crippen molar-refractivity contribution in [1.29, 1.82) is 0 Å². The Morgan fingerprint density at radius 3 is 2.68 bits per heavy atom. The summed E-state index contributed by atoms with van der Waals surface area (Å²) in [4.78, 5) is 15.7. The van der Waals surface area contributed by atoms with E-state index in [1.165, 1.54) is 0 Å². The van der Waals surface area contributed by atoms with Crippen molar-refractivity contribution in [2.75, 3.05) is 11.9 Å². The lowest BCUT2D eigenvalue weighted by molar-refractivity contribution is 0.0698. The van der Waals surface area contributed by atoms with Crippen LogP contribution in [0, 0.1) is 0 Å². The Morgan fingerprint density at radius 2 is 1.84 bits per heavy atom. The zero-order chi connectivity index (χ0) is 13.2. The molecular weight excluding hydrogens is 240 g/mol. The van der Waals surface area contributed by atoms with Crippen molar-refractivity contribution in [2.24, 2.45) is 4.99 Å². The van der Waals surface area contributed by atoms with Crippen LogP contribution in [0.1, 0.15) is 15.9 Å². The minimum atomic E-state index is -0.959. The van der Waals surface area contributed by atoms with Crippen LogP contribution in [-0.2, 0) is 0 Å². The summed E-state index contributed by atoms with van der Waals surface area (Å²) < 4.78 is 0. The quantitative estimate of drug-likeness (QED) is 0.863. The summed E-state index contributed by atoms with van der Waals surface area (Å²) >= 11 is 0. The van der Waals surface area contributed by atoms with E-state index >= 15 is 0 Å². The van der Waals surface area contributed by atoms with Crippen molar-refractivity contribution in [3.05, 3.63) is 59.7 Å². The number of aliphatic imine (C=N–C) groups is 1. The average Bonchev–Trinajstić information content (AvgIpc) is 2.83. The molecule has 0 radical (unpaired) electrons. The highest BCUT2D eigenvalue weighted by Gasteiger charge is 2.17. The highest BCUT2D eigenvalue weighted by molar-refractivity contribution is 6.13. The molecule has 2 aromatic carbocycles. The van der Waals surface area contributed by atoms with E-state index in [0.29, 0.717) is 12.2 Å². The van der Waals surface area contributed by atoms with Gasteiger partial charge in [-0.25, -0.2) is 9.79 Å². The number of rotatable bonds is 2. The molecule has 94 valence electrons. The van der Waals surface area contributed by atoms with Gasteiger partial charge in [-0.2, -0.15) is 0 Å². The van der Waals surface area contributed by atoms with Crippen LogP contribution in [-0.4, -0.2) is 23.3 Å². The molecule has 1 aliphatic heterocycles. The van der Waals surface area contributed by atoms with E-state index in [2.05, 4.69) is 10.3 Å². The number of nitrogens with one attached hydrogen (secondary N) is 1. The molecule has 1 heterocycles. The highest BCUT2D eigenvalue weighted by Crippen LogP contribution is 2.26. The van der Waals surface area contributed by atoms with Gasteiger partial charge in [-0.1, -0.05) is 30.3 Å². The van der Waals surface area contributed by atoms with E-state index in [0.717, 1.165) is 17.0 Å². The first-order valence-corrected chi connectivity index (χ1v) is 5.99. The Balaban J connectivity index is 2.07. The Hall–Kier alpha value is -2.62.